The lowest BCUT2D eigenvalue weighted by Gasteiger charge is -2.44. The van der Waals surface area contributed by atoms with Crippen LogP contribution in [0.1, 0.15) is 22.3 Å². The van der Waals surface area contributed by atoms with Crippen LogP contribution >= 0.6 is 0 Å². The molecule has 2 aromatic carbocycles. The number of halogens is 3. The normalized spacial score (nSPS) is 19.1. The topological polar surface area (TPSA) is 91.2 Å². The Morgan fingerprint density at radius 1 is 1.24 bits per heavy atom. The van der Waals surface area contributed by atoms with Gasteiger partial charge in [0.05, 0.1) is 47.9 Å². The third kappa shape index (κ3) is 4.02. The molecule has 0 aliphatic carbocycles. The molecule has 37 heavy (non-hydrogen) atoms. The van der Waals surface area contributed by atoms with Crippen molar-refractivity contribution in [2.24, 2.45) is 0 Å². The molecule has 1 aromatic heterocycles. The molecule has 2 aliphatic rings. The summed E-state index contributed by atoms with van der Waals surface area (Å²) in [6.45, 7) is 0.322. The number of carbonyl (C=O) groups excluding carboxylic acids is 2. The van der Waals surface area contributed by atoms with E-state index in [2.05, 4.69) is 10.3 Å². The number of methoxy groups -OCH3 is 1. The van der Waals surface area contributed by atoms with E-state index in [1.165, 1.54) is 54.7 Å². The number of likely N-dealkylation sites (N-methyl/N-ethyl adjacent to an activating group) is 1. The monoisotopic (exact) mass is 515 g/mol. The Balaban J connectivity index is 1.43. The summed E-state index contributed by atoms with van der Waals surface area (Å²) in [6, 6.07) is 7.68. The molecule has 3 amide bonds. The zero-order valence-electron chi connectivity index (χ0n) is 20.3. The van der Waals surface area contributed by atoms with Crippen molar-refractivity contribution in [2.45, 2.75) is 18.3 Å². The highest BCUT2D eigenvalue weighted by Crippen LogP contribution is 2.42. The van der Waals surface area contributed by atoms with E-state index in [-0.39, 0.29) is 24.7 Å². The van der Waals surface area contributed by atoms with Crippen molar-refractivity contribution in [1.29, 1.82) is 0 Å². The molecule has 12 heteroatoms. The first-order valence-corrected chi connectivity index (χ1v) is 11.4. The highest BCUT2D eigenvalue weighted by molar-refractivity contribution is 6.04. The van der Waals surface area contributed by atoms with Gasteiger partial charge in [0.1, 0.15) is 11.4 Å². The number of anilines is 2. The number of alkyl halides is 3. The van der Waals surface area contributed by atoms with Crippen LogP contribution in [-0.4, -0.2) is 66.7 Å². The van der Waals surface area contributed by atoms with Gasteiger partial charge < -0.3 is 24.3 Å². The molecule has 1 unspecified atom stereocenters. The zero-order valence-corrected chi connectivity index (χ0v) is 20.3. The molecule has 1 atom stereocenters. The summed E-state index contributed by atoms with van der Waals surface area (Å²) < 4.78 is 51.5. The number of fused-ring (bicyclic) bond motifs is 1. The van der Waals surface area contributed by atoms with Crippen LogP contribution in [0.15, 0.2) is 53.4 Å². The van der Waals surface area contributed by atoms with Crippen LogP contribution in [0, 0.1) is 0 Å². The fourth-order valence-electron chi connectivity index (χ4n) is 4.93. The molecule has 3 aromatic rings. The Hall–Kier alpha value is -4.22. The van der Waals surface area contributed by atoms with E-state index in [9.17, 15) is 22.8 Å². The van der Waals surface area contributed by atoms with Crippen LogP contribution in [-0.2, 0) is 6.18 Å². The molecule has 2 aliphatic heterocycles. The molecule has 1 N–H and O–H groups in total. The molecule has 0 radical (unpaired) electrons. The Kier molecular flexibility index (Phi) is 5.76. The van der Waals surface area contributed by atoms with Gasteiger partial charge in [0.2, 0.25) is 0 Å². The van der Waals surface area contributed by atoms with Gasteiger partial charge in [-0.1, -0.05) is 12.1 Å². The number of hydrogen-bond acceptors (Lipinski definition) is 6. The largest absolute Gasteiger partial charge is 0.496 e. The molecule has 1 spiro atoms. The minimum Gasteiger partial charge on any atom is -0.496 e. The lowest BCUT2D eigenvalue weighted by atomic mass is 9.96. The quantitative estimate of drug-likeness (QED) is 0.552. The molecule has 194 valence electrons. The number of amides is 3. The number of urea groups is 1. The van der Waals surface area contributed by atoms with Gasteiger partial charge in [-0.2, -0.15) is 13.2 Å². The SMILES string of the molecule is COc1cc2c(cc1-c1cnco1)C(=O)N(C)C1(CCN(C(=O)N(C)c3ccccc3C(F)(F)F)C1)N2. The minimum absolute atomic E-state index is 0.0816. The Bertz CT molecular complexity index is 1360. The maximum Gasteiger partial charge on any atom is 0.418 e. The number of rotatable bonds is 3. The highest BCUT2D eigenvalue weighted by Gasteiger charge is 2.49. The number of nitrogens with zero attached hydrogens (tertiary/aromatic N) is 4. The zero-order chi connectivity index (χ0) is 26.5. The smallest absolute Gasteiger partial charge is 0.418 e. The minimum atomic E-state index is -4.61. The predicted octanol–water partition coefficient (Wildman–Crippen LogP) is 4.52. The summed E-state index contributed by atoms with van der Waals surface area (Å²) in [5.41, 5.74) is -0.604. The summed E-state index contributed by atoms with van der Waals surface area (Å²) >= 11 is 0. The van der Waals surface area contributed by atoms with Crippen molar-refractivity contribution in [2.75, 3.05) is 44.5 Å². The van der Waals surface area contributed by atoms with E-state index >= 15 is 0 Å². The maximum absolute atomic E-state index is 13.5. The number of para-hydroxylation sites is 1. The molecule has 0 bridgehead atoms. The molecular weight excluding hydrogens is 491 g/mol. The Labute approximate surface area is 210 Å². The lowest BCUT2D eigenvalue weighted by molar-refractivity contribution is -0.137. The highest BCUT2D eigenvalue weighted by atomic mass is 19.4. The number of hydrogen-bond donors (Lipinski definition) is 1. The Morgan fingerprint density at radius 3 is 2.68 bits per heavy atom. The second-order valence-electron chi connectivity index (χ2n) is 9.01. The average molecular weight is 515 g/mol. The number of carbonyl (C=O) groups is 2. The van der Waals surface area contributed by atoms with Gasteiger partial charge in [0.15, 0.2) is 12.2 Å². The summed E-state index contributed by atoms with van der Waals surface area (Å²) in [6.07, 6.45) is -1.43. The van der Waals surface area contributed by atoms with Gasteiger partial charge in [0, 0.05) is 33.1 Å². The van der Waals surface area contributed by atoms with Crippen LogP contribution in [0.4, 0.5) is 29.3 Å². The molecule has 0 saturated carbocycles. The molecule has 1 saturated heterocycles. The van der Waals surface area contributed by atoms with E-state index in [1.54, 1.807) is 19.2 Å². The number of benzene rings is 2. The average Bonchev–Trinajstić information content (AvgIpc) is 3.57. The van der Waals surface area contributed by atoms with E-state index in [4.69, 9.17) is 9.15 Å². The molecule has 9 nitrogen and oxygen atoms in total. The van der Waals surface area contributed by atoms with E-state index in [0.717, 1.165) is 11.0 Å². The maximum atomic E-state index is 13.5. The van der Waals surface area contributed by atoms with Crippen LogP contribution in [0.3, 0.4) is 0 Å². The van der Waals surface area contributed by atoms with Crippen molar-refractivity contribution >= 4 is 23.3 Å². The molecule has 1 fully saturated rings. The molecular formula is C25H24F3N5O4. The first kappa shape index (κ1) is 24.5. The van der Waals surface area contributed by atoms with E-state index < -0.39 is 23.4 Å². The number of likely N-dealkylation sites (tertiary alicyclic amines) is 1. The van der Waals surface area contributed by atoms with Gasteiger partial charge in [-0.15, -0.1) is 0 Å². The second-order valence-corrected chi connectivity index (χ2v) is 9.01. The number of oxazole rings is 1. The van der Waals surface area contributed by atoms with Gasteiger partial charge in [-0.3, -0.25) is 9.69 Å². The summed E-state index contributed by atoms with van der Waals surface area (Å²) in [7, 11) is 4.44. The summed E-state index contributed by atoms with van der Waals surface area (Å²) in [4.78, 5) is 34.6. The van der Waals surface area contributed by atoms with Gasteiger partial charge >= 0.3 is 12.2 Å². The van der Waals surface area contributed by atoms with Gasteiger partial charge in [-0.05, 0) is 18.2 Å². The van der Waals surface area contributed by atoms with Crippen LogP contribution < -0.4 is 15.0 Å². The van der Waals surface area contributed by atoms with Gasteiger partial charge in [0.25, 0.3) is 5.91 Å². The Morgan fingerprint density at radius 2 is 2.00 bits per heavy atom. The van der Waals surface area contributed by atoms with Crippen molar-refractivity contribution < 1.29 is 31.9 Å². The standard InChI is InChI=1S/C25H24F3N5O4/c1-31(19-7-5-4-6-17(19)25(26,27)28)23(35)33-9-8-24(13-33)30-18-11-20(36-3)16(21-12-29-14-37-21)10-15(18)22(34)32(24)2/h4-7,10-12,14,30H,8-9,13H2,1-3H3. The predicted molar refractivity (Wildman–Crippen MR) is 128 cm³/mol. The second kappa shape index (κ2) is 8.71. The van der Waals surface area contributed by atoms with Crippen molar-refractivity contribution in [1.82, 2.24) is 14.8 Å². The van der Waals surface area contributed by atoms with Gasteiger partial charge in [-0.25, -0.2) is 9.78 Å². The summed E-state index contributed by atoms with van der Waals surface area (Å²) in [5, 5.41) is 3.39. The number of nitrogens with one attached hydrogen (secondary N) is 1. The first-order chi connectivity index (χ1) is 17.6. The first-order valence-electron chi connectivity index (χ1n) is 11.4. The fraction of sp³-hybridized carbons (Fsp3) is 0.320. The third-order valence-corrected chi connectivity index (χ3v) is 6.96. The summed E-state index contributed by atoms with van der Waals surface area (Å²) in [5.74, 6) is 0.627. The molecule has 5 rings (SSSR count). The van der Waals surface area contributed by atoms with E-state index in [1.807, 2.05) is 0 Å². The lowest BCUT2D eigenvalue weighted by Crippen LogP contribution is -2.60. The van der Waals surface area contributed by atoms with Crippen LogP contribution in [0.2, 0.25) is 0 Å². The fourth-order valence-corrected chi connectivity index (χ4v) is 4.93. The van der Waals surface area contributed by atoms with Crippen LogP contribution in [0.5, 0.6) is 5.75 Å². The van der Waals surface area contributed by atoms with Crippen molar-refractivity contribution in [3.63, 3.8) is 0 Å². The third-order valence-electron chi connectivity index (χ3n) is 6.96. The molecule has 3 heterocycles. The van der Waals surface area contributed by atoms with Crippen molar-refractivity contribution in [3.8, 4) is 17.1 Å². The van der Waals surface area contributed by atoms with Crippen molar-refractivity contribution in [3.05, 3.63) is 60.1 Å². The number of ether oxygens (including phenoxy) is 1. The van der Waals surface area contributed by atoms with Crippen LogP contribution in [0.25, 0.3) is 11.3 Å². The number of aromatic nitrogens is 1. The van der Waals surface area contributed by atoms with E-state index in [0.29, 0.717) is 34.7 Å².